The summed E-state index contributed by atoms with van der Waals surface area (Å²) in [5.74, 6) is -2.65. The number of nitrogens with two attached hydrogens (primary N) is 1. The van der Waals surface area contributed by atoms with Crippen molar-refractivity contribution in [3.05, 3.63) is 0 Å². The standard InChI is InChI=1S/C24H45NO5/c1-5-6-7-8-9-10-11-12-13-14-15-16-17-18-22(29)23(25,19(2)26)24(30,20(3)27)21(4)28/h22,29-30H,5-18,25H2,1-4H3/t22-,23+/m1/s1. The summed E-state index contributed by atoms with van der Waals surface area (Å²) in [5, 5.41) is 21.2. The molecule has 0 aromatic rings. The van der Waals surface area contributed by atoms with Crippen LogP contribution in [0.3, 0.4) is 0 Å². The highest BCUT2D eigenvalue weighted by Gasteiger charge is 2.61. The van der Waals surface area contributed by atoms with Crippen LogP contribution in [0.15, 0.2) is 0 Å². The zero-order valence-electron chi connectivity index (χ0n) is 19.7. The monoisotopic (exact) mass is 427 g/mol. The zero-order chi connectivity index (χ0) is 23.2. The van der Waals surface area contributed by atoms with Crippen LogP contribution in [-0.4, -0.2) is 44.8 Å². The van der Waals surface area contributed by atoms with E-state index >= 15 is 0 Å². The Bertz CT molecular complexity index is 520. The van der Waals surface area contributed by atoms with Crippen LogP contribution in [-0.2, 0) is 14.4 Å². The molecule has 6 heteroatoms. The fourth-order valence-electron chi connectivity index (χ4n) is 4.14. The van der Waals surface area contributed by atoms with Crippen molar-refractivity contribution in [1.82, 2.24) is 0 Å². The van der Waals surface area contributed by atoms with Gasteiger partial charge in [0.15, 0.2) is 17.3 Å². The third-order valence-electron chi connectivity index (χ3n) is 6.31. The number of hydrogen-bond donors (Lipinski definition) is 3. The minimum atomic E-state index is -2.71. The maximum atomic E-state index is 12.1. The third-order valence-corrected chi connectivity index (χ3v) is 6.31. The molecule has 2 atom stereocenters. The van der Waals surface area contributed by atoms with Crippen molar-refractivity contribution in [3.8, 4) is 0 Å². The van der Waals surface area contributed by atoms with Crippen molar-refractivity contribution in [2.24, 2.45) is 5.73 Å². The summed E-state index contributed by atoms with van der Waals surface area (Å²) in [4.78, 5) is 36.0. The topological polar surface area (TPSA) is 118 Å². The lowest BCUT2D eigenvalue weighted by Crippen LogP contribution is -2.76. The molecule has 0 aromatic carbocycles. The summed E-state index contributed by atoms with van der Waals surface area (Å²) >= 11 is 0. The summed E-state index contributed by atoms with van der Waals surface area (Å²) in [6.07, 6.45) is 14.0. The minimum absolute atomic E-state index is 0.150. The predicted octanol–water partition coefficient (Wildman–Crippen LogP) is 4.02. The van der Waals surface area contributed by atoms with Gasteiger partial charge in [-0.2, -0.15) is 0 Å². The number of aliphatic hydroxyl groups is 2. The van der Waals surface area contributed by atoms with Gasteiger partial charge in [0, 0.05) is 0 Å². The number of rotatable bonds is 19. The maximum absolute atomic E-state index is 12.1. The summed E-state index contributed by atoms with van der Waals surface area (Å²) in [5.41, 5.74) is 0.976. The SMILES string of the molecule is CCCCCCCCCCCCCCC[C@@H](O)[C@@](N)(C(C)=O)C(O)(C(C)=O)C(C)=O. The van der Waals surface area contributed by atoms with Crippen LogP contribution in [0.5, 0.6) is 0 Å². The molecule has 0 radical (unpaired) electrons. The number of unbranched alkanes of at least 4 members (excludes halogenated alkanes) is 12. The molecule has 0 spiro atoms. The van der Waals surface area contributed by atoms with Crippen LogP contribution in [0.25, 0.3) is 0 Å². The molecular weight excluding hydrogens is 382 g/mol. The highest BCUT2D eigenvalue weighted by atomic mass is 16.3. The van der Waals surface area contributed by atoms with Crippen molar-refractivity contribution >= 4 is 17.3 Å². The van der Waals surface area contributed by atoms with Gasteiger partial charge in [0.05, 0.1) is 6.10 Å². The maximum Gasteiger partial charge on any atom is 0.208 e. The summed E-state index contributed by atoms with van der Waals surface area (Å²) in [6, 6.07) is 0. The van der Waals surface area contributed by atoms with E-state index in [0.29, 0.717) is 6.42 Å². The number of hydrogen-bond acceptors (Lipinski definition) is 6. The van der Waals surface area contributed by atoms with Gasteiger partial charge in [0.1, 0.15) is 5.54 Å². The second-order valence-electron chi connectivity index (χ2n) is 8.80. The van der Waals surface area contributed by atoms with Crippen LogP contribution in [0.1, 0.15) is 118 Å². The molecule has 0 aliphatic heterocycles. The van der Waals surface area contributed by atoms with Crippen molar-refractivity contribution in [2.45, 2.75) is 135 Å². The number of carbonyl (C=O) groups excluding carboxylic acids is 3. The van der Waals surface area contributed by atoms with Crippen molar-refractivity contribution < 1.29 is 24.6 Å². The van der Waals surface area contributed by atoms with Gasteiger partial charge < -0.3 is 15.9 Å². The van der Waals surface area contributed by atoms with Crippen molar-refractivity contribution in [1.29, 1.82) is 0 Å². The first-order chi connectivity index (χ1) is 14.1. The van der Waals surface area contributed by atoms with Gasteiger partial charge in [-0.3, -0.25) is 14.4 Å². The predicted molar refractivity (Wildman–Crippen MR) is 120 cm³/mol. The molecule has 6 nitrogen and oxygen atoms in total. The molecule has 0 heterocycles. The van der Waals surface area contributed by atoms with Gasteiger partial charge in [0.2, 0.25) is 5.60 Å². The molecule has 0 aliphatic rings. The molecule has 4 N–H and O–H groups in total. The van der Waals surface area contributed by atoms with Gasteiger partial charge in [-0.15, -0.1) is 0 Å². The average Bonchev–Trinajstić information content (AvgIpc) is 2.69. The second kappa shape index (κ2) is 14.8. The molecule has 176 valence electrons. The van der Waals surface area contributed by atoms with Gasteiger partial charge in [0.25, 0.3) is 0 Å². The fourth-order valence-corrected chi connectivity index (χ4v) is 4.14. The van der Waals surface area contributed by atoms with Gasteiger partial charge >= 0.3 is 0 Å². The number of Topliss-reactive ketones (excluding diaryl/α,β-unsaturated/α-hetero) is 3. The molecule has 30 heavy (non-hydrogen) atoms. The normalized spacial score (nSPS) is 14.9. The fraction of sp³-hybridized carbons (Fsp3) is 0.875. The van der Waals surface area contributed by atoms with E-state index in [1.54, 1.807) is 0 Å². The van der Waals surface area contributed by atoms with Crippen LogP contribution >= 0.6 is 0 Å². The van der Waals surface area contributed by atoms with E-state index in [4.69, 9.17) is 5.73 Å². The number of aliphatic hydroxyl groups excluding tert-OH is 1. The van der Waals surface area contributed by atoms with Crippen molar-refractivity contribution in [2.75, 3.05) is 0 Å². The molecule has 0 saturated heterocycles. The molecule has 0 fully saturated rings. The van der Waals surface area contributed by atoms with E-state index in [1.165, 1.54) is 57.8 Å². The Morgan fingerprint density at radius 1 is 0.700 bits per heavy atom. The molecule has 0 bridgehead atoms. The molecule has 0 saturated carbocycles. The second-order valence-corrected chi connectivity index (χ2v) is 8.80. The third kappa shape index (κ3) is 8.20. The Morgan fingerprint density at radius 2 is 1.03 bits per heavy atom. The Morgan fingerprint density at radius 3 is 1.33 bits per heavy atom. The number of ketones is 3. The quantitative estimate of drug-likeness (QED) is 0.212. The van der Waals surface area contributed by atoms with Crippen LogP contribution in [0.4, 0.5) is 0 Å². The van der Waals surface area contributed by atoms with Crippen LogP contribution < -0.4 is 5.73 Å². The van der Waals surface area contributed by atoms with Gasteiger partial charge in [-0.1, -0.05) is 90.4 Å². The first kappa shape index (κ1) is 28.9. The molecule has 0 amide bonds. The van der Waals surface area contributed by atoms with E-state index in [9.17, 15) is 24.6 Å². The van der Waals surface area contributed by atoms with Crippen LogP contribution in [0.2, 0.25) is 0 Å². The number of carbonyl (C=O) groups is 3. The smallest absolute Gasteiger partial charge is 0.208 e. The highest BCUT2D eigenvalue weighted by molar-refractivity contribution is 6.15. The lowest BCUT2D eigenvalue weighted by molar-refractivity contribution is -0.168. The summed E-state index contributed by atoms with van der Waals surface area (Å²) < 4.78 is 0. The Hall–Kier alpha value is -1.11. The Kier molecular flexibility index (Phi) is 14.3. The minimum Gasteiger partial charge on any atom is -0.391 e. The largest absolute Gasteiger partial charge is 0.391 e. The lowest BCUT2D eigenvalue weighted by atomic mass is 9.68. The van der Waals surface area contributed by atoms with E-state index < -0.39 is 34.6 Å². The lowest BCUT2D eigenvalue weighted by Gasteiger charge is -2.42. The molecule has 0 aliphatic carbocycles. The van der Waals surface area contributed by atoms with E-state index in [-0.39, 0.29) is 6.42 Å². The van der Waals surface area contributed by atoms with E-state index in [1.807, 2.05) is 0 Å². The van der Waals surface area contributed by atoms with E-state index in [2.05, 4.69) is 6.92 Å². The molecule has 0 rings (SSSR count). The Balaban J connectivity index is 4.24. The van der Waals surface area contributed by atoms with E-state index in [0.717, 1.165) is 40.0 Å². The first-order valence-electron chi connectivity index (χ1n) is 11.8. The molecular formula is C24H45NO5. The Labute approximate surface area is 183 Å². The van der Waals surface area contributed by atoms with Crippen molar-refractivity contribution in [3.63, 3.8) is 0 Å². The zero-order valence-corrected chi connectivity index (χ0v) is 19.7. The van der Waals surface area contributed by atoms with Crippen LogP contribution in [0, 0.1) is 0 Å². The average molecular weight is 428 g/mol. The molecule has 0 aromatic heterocycles. The summed E-state index contributed by atoms with van der Waals surface area (Å²) in [7, 11) is 0. The summed E-state index contributed by atoms with van der Waals surface area (Å²) in [6.45, 7) is 5.33. The highest BCUT2D eigenvalue weighted by Crippen LogP contribution is 2.30. The van der Waals surface area contributed by atoms with Gasteiger partial charge in [-0.05, 0) is 27.2 Å². The molecule has 0 unspecified atom stereocenters. The van der Waals surface area contributed by atoms with Gasteiger partial charge in [-0.25, -0.2) is 0 Å². The first-order valence-corrected chi connectivity index (χ1v) is 11.8.